The minimum Gasteiger partial charge on any atom is -0.482 e. The summed E-state index contributed by atoms with van der Waals surface area (Å²) in [6.07, 6.45) is 4.76. The lowest BCUT2D eigenvalue weighted by Crippen LogP contribution is -2.74. The largest absolute Gasteiger partial charge is 0.514 e. The summed E-state index contributed by atoms with van der Waals surface area (Å²) in [6, 6.07) is 4.11. The average molecular weight is 734 g/mol. The molecule has 52 heavy (non-hydrogen) atoms. The van der Waals surface area contributed by atoms with Crippen molar-refractivity contribution in [3.63, 3.8) is 0 Å². The number of hydrogen-bond acceptors (Lipinski definition) is 11. The van der Waals surface area contributed by atoms with Gasteiger partial charge in [0.25, 0.3) is 0 Å². The summed E-state index contributed by atoms with van der Waals surface area (Å²) in [6.45, 7) is 20.4. The van der Waals surface area contributed by atoms with E-state index in [1.54, 1.807) is 14.2 Å². The average Bonchev–Trinajstić information content (AvgIpc) is 3.85. The van der Waals surface area contributed by atoms with E-state index in [1.165, 1.54) is 12.8 Å². The molecule has 0 amide bonds. The van der Waals surface area contributed by atoms with Crippen molar-refractivity contribution in [2.45, 2.75) is 116 Å². The predicted octanol–water partition coefficient (Wildman–Crippen LogP) is 6.33. The monoisotopic (exact) mass is 733 g/mol. The molecule has 11 nitrogen and oxygen atoms in total. The van der Waals surface area contributed by atoms with Crippen LogP contribution in [0.25, 0.3) is 0 Å². The Morgan fingerprint density at radius 2 is 1.62 bits per heavy atom. The van der Waals surface area contributed by atoms with E-state index in [2.05, 4.69) is 46.4 Å². The van der Waals surface area contributed by atoms with Crippen molar-refractivity contribution in [2.24, 2.45) is 22.7 Å². The lowest BCUT2D eigenvalue weighted by molar-refractivity contribution is -0.233. The number of likely N-dealkylation sites (tertiary alicyclic amines) is 1. The third kappa shape index (κ3) is 8.02. The first kappa shape index (κ1) is 41.2. The number of benzene rings is 1. The second kappa shape index (κ2) is 17.2. The third-order valence-electron chi connectivity index (χ3n) is 13.0. The molecule has 11 heteroatoms. The van der Waals surface area contributed by atoms with Crippen LogP contribution in [0.5, 0.6) is 11.5 Å². The van der Waals surface area contributed by atoms with Gasteiger partial charge in [0.05, 0.1) is 51.8 Å². The minimum absolute atomic E-state index is 0.0453. The van der Waals surface area contributed by atoms with Crippen LogP contribution in [0.1, 0.15) is 91.2 Å². The van der Waals surface area contributed by atoms with Crippen LogP contribution in [-0.4, -0.2) is 120 Å². The number of aliphatic hydroxyl groups is 1. The maximum Gasteiger partial charge on any atom is 0.514 e. The number of fused-ring (bicyclic) bond motifs is 1. The molecule has 3 fully saturated rings. The van der Waals surface area contributed by atoms with E-state index < -0.39 is 22.6 Å². The highest BCUT2D eigenvalue weighted by atomic mass is 16.7. The fraction of sp³-hybridized carbons (Fsp3) is 0.829. The Balaban J connectivity index is 1.37. The molecule has 1 N–H and O–H groups in total. The number of aryl methyl sites for hydroxylation is 1. The van der Waals surface area contributed by atoms with E-state index in [-0.39, 0.29) is 42.8 Å². The maximum absolute atomic E-state index is 13.1. The van der Waals surface area contributed by atoms with E-state index in [4.69, 9.17) is 37.9 Å². The molecule has 0 radical (unpaired) electrons. The number of ether oxygens (including phenoxy) is 8. The van der Waals surface area contributed by atoms with Crippen LogP contribution in [0.4, 0.5) is 4.79 Å². The number of carbonyl (C=O) groups is 1. The van der Waals surface area contributed by atoms with Crippen LogP contribution in [0, 0.1) is 29.6 Å². The van der Waals surface area contributed by atoms with Crippen LogP contribution in [-0.2, 0) is 33.8 Å². The van der Waals surface area contributed by atoms with Crippen LogP contribution in [0.2, 0.25) is 0 Å². The van der Waals surface area contributed by atoms with Gasteiger partial charge in [-0.15, -0.1) is 0 Å². The van der Waals surface area contributed by atoms with Crippen molar-refractivity contribution in [3.8, 4) is 11.5 Å². The molecule has 2 saturated carbocycles. The Morgan fingerprint density at radius 3 is 2.19 bits per heavy atom. The molecule has 2 heterocycles. The zero-order valence-corrected chi connectivity index (χ0v) is 33.4. The van der Waals surface area contributed by atoms with E-state index >= 15 is 0 Å². The molecule has 1 aromatic rings. The van der Waals surface area contributed by atoms with Gasteiger partial charge in [0.1, 0.15) is 18.8 Å². The SMILES string of the molecule is CCC[C@]12CC(C(C)(O)C(C)(C)C)C(OC)[C@@H]3Oc4c(OC(=O)OCCOCCOCCOCCOC)ccc(C)c4C31CCN(CC1CC1)C2C. The maximum atomic E-state index is 13.1. The first-order valence-electron chi connectivity index (χ1n) is 19.7. The summed E-state index contributed by atoms with van der Waals surface area (Å²) in [5.74, 6) is 1.53. The molecule has 4 aliphatic rings. The fourth-order valence-corrected chi connectivity index (χ4v) is 9.70. The second-order valence-corrected chi connectivity index (χ2v) is 16.8. The smallest absolute Gasteiger partial charge is 0.482 e. The molecule has 7 atom stereocenters. The van der Waals surface area contributed by atoms with Crippen LogP contribution in [0.3, 0.4) is 0 Å². The summed E-state index contributed by atoms with van der Waals surface area (Å²) in [5, 5.41) is 12.5. The van der Waals surface area contributed by atoms with E-state index in [9.17, 15) is 9.90 Å². The summed E-state index contributed by atoms with van der Waals surface area (Å²) in [7, 11) is 3.39. The standard InChI is InChI=1S/C41H67NO10/c1-10-15-40-26-31(39(7,44)38(4,5)6)34(46-9)36-41(40,16-17-42(29(40)3)27-30-12-13-30)33-28(2)11-14-32(35(33)52-36)51-37(43)50-25-24-49-23-22-48-21-20-47-19-18-45-8/h11,14,29-31,34,36,44H,10,12-13,15-27H2,1-9H3/t29?,31?,34?,36-,39?,40+,41?/m0/s1. The Bertz CT molecular complexity index is 1330. The lowest BCUT2D eigenvalue weighted by Gasteiger charge is -2.67. The number of piperidine rings is 1. The van der Waals surface area contributed by atoms with Crippen molar-refractivity contribution >= 4 is 6.16 Å². The van der Waals surface area contributed by atoms with Gasteiger partial charge in [-0.1, -0.05) is 40.2 Å². The summed E-state index contributed by atoms with van der Waals surface area (Å²) in [5.41, 5.74) is 0.182. The Hall–Kier alpha value is -1.99. The highest BCUT2D eigenvalue weighted by molar-refractivity contribution is 5.68. The van der Waals surface area contributed by atoms with Crippen molar-refractivity contribution < 1.29 is 47.8 Å². The fourth-order valence-electron chi connectivity index (χ4n) is 9.70. The van der Waals surface area contributed by atoms with Crippen molar-refractivity contribution in [1.82, 2.24) is 4.90 Å². The summed E-state index contributed by atoms with van der Waals surface area (Å²) >= 11 is 0. The van der Waals surface area contributed by atoms with E-state index in [1.807, 2.05) is 19.1 Å². The molecular formula is C41H67NO10. The Labute approximate surface area is 312 Å². The van der Waals surface area contributed by atoms with Crippen molar-refractivity contribution in [2.75, 3.05) is 80.2 Å². The number of nitrogens with zero attached hydrogens (tertiary/aromatic N) is 1. The van der Waals surface area contributed by atoms with Gasteiger partial charge >= 0.3 is 6.16 Å². The van der Waals surface area contributed by atoms with Crippen LogP contribution >= 0.6 is 0 Å². The lowest BCUT2D eigenvalue weighted by atomic mass is 9.41. The first-order chi connectivity index (χ1) is 24.8. The van der Waals surface area contributed by atoms with Gasteiger partial charge in [-0.25, -0.2) is 4.79 Å². The molecule has 1 spiro atoms. The van der Waals surface area contributed by atoms with Gasteiger partial charge < -0.3 is 43.0 Å². The predicted molar refractivity (Wildman–Crippen MR) is 198 cm³/mol. The van der Waals surface area contributed by atoms with E-state index in [0.717, 1.165) is 55.8 Å². The zero-order chi connectivity index (χ0) is 37.7. The van der Waals surface area contributed by atoms with Gasteiger partial charge in [-0.3, -0.25) is 4.90 Å². The summed E-state index contributed by atoms with van der Waals surface area (Å²) in [4.78, 5) is 15.8. The second-order valence-electron chi connectivity index (χ2n) is 16.8. The van der Waals surface area contributed by atoms with Crippen molar-refractivity contribution in [3.05, 3.63) is 23.3 Å². The number of carbonyl (C=O) groups excluding carboxylic acids is 1. The molecule has 5 rings (SSSR count). The number of hydrogen-bond donors (Lipinski definition) is 1. The molecule has 2 aliphatic carbocycles. The molecule has 1 saturated heterocycles. The van der Waals surface area contributed by atoms with E-state index in [0.29, 0.717) is 51.1 Å². The van der Waals surface area contributed by atoms with Gasteiger partial charge in [-0.2, -0.15) is 0 Å². The van der Waals surface area contributed by atoms with Gasteiger partial charge in [0, 0.05) is 43.7 Å². The quantitative estimate of drug-likeness (QED) is 0.0978. The first-order valence-corrected chi connectivity index (χ1v) is 19.7. The van der Waals surface area contributed by atoms with Crippen molar-refractivity contribution in [1.29, 1.82) is 0 Å². The topological polar surface area (TPSA) is 114 Å². The Morgan fingerprint density at radius 1 is 0.981 bits per heavy atom. The summed E-state index contributed by atoms with van der Waals surface area (Å²) < 4.78 is 46.4. The molecule has 296 valence electrons. The molecule has 1 aromatic carbocycles. The highest BCUT2D eigenvalue weighted by Crippen LogP contribution is 2.70. The number of rotatable bonds is 19. The zero-order valence-electron chi connectivity index (χ0n) is 33.4. The van der Waals surface area contributed by atoms with Gasteiger partial charge in [0.2, 0.25) is 0 Å². The minimum atomic E-state index is -1.04. The third-order valence-corrected chi connectivity index (χ3v) is 13.0. The molecule has 0 bridgehead atoms. The molecule has 2 aliphatic heterocycles. The highest BCUT2D eigenvalue weighted by Gasteiger charge is 2.73. The van der Waals surface area contributed by atoms with Gasteiger partial charge in [-0.05, 0) is 87.8 Å². The molecule has 0 aromatic heterocycles. The normalized spacial score (nSPS) is 29.8. The molecular weight excluding hydrogens is 666 g/mol. The van der Waals surface area contributed by atoms with Gasteiger partial charge in [0.15, 0.2) is 11.5 Å². The number of methoxy groups -OCH3 is 2. The molecule has 5 unspecified atom stereocenters. The van der Waals surface area contributed by atoms with Crippen LogP contribution in [0.15, 0.2) is 12.1 Å². The van der Waals surface area contributed by atoms with Crippen LogP contribution < -0.4 is 9.47 Å². The Kier molecular flexibility index (Phi) is 13.6.